The van der Waals surface area contributed by atoms with Crippen LogP contribution in [0.2, 0.25) is 0 Å². The Kier molecular flexibility index (Phi) is 4.26. The predicted octanol–water partition coefficient (Wildman–Crippen LogP) is 2.19. The van der Waals surface area contributed by atoms with E-state index in [0.717, 1.165) is 0 Å². The molecule has 0 radical (unpaired) electrons. The van der Waals surface area contributed by atoms with Crippen molar-refractivity contribution in [3.8, 4) is 0 Å². The molecule has 0 rings (SSSR count). The average molecular weight is 318 g/mol. The SMILES string of the molecule is O=[N+]([O-])B(Br)I(F)Cl. The van der Waals surface area contributed by atoms with Gasteiger partial charge in [0.15, 0.2) is 0 Å². The van der Waals surface area contributed by atoms with Crippen LogP contribution in [0.15, 0.2) is 0 Å². The van der Waals surface area contributed by atoms with Crippen LogP contribution in [0.5, 0.6) is 0 Å². The summed E-state index contributed by atoms with van der Waals surface area (Å²) in [6.07, 6.45) is 0. The molecule has 48 valence electrons. The van der Waals surface area contributed by atoms with Crippen molar-refractivity contribution in [2.45, 2.75) is 0 Å². The summed E-state index contributed by atoms with van der Waals surface area (Å²) in [6, 6.07) is 0. The molecular formula is BBrClFINO2. The van der Waals surface area contributed by atoms with Gasteiger partial charge in [-0.3, -0.25) is 0 Å². The van der Waals surface area contributed by atoms with E-state index in [0.29, 0.717) is 0 Å². The summed E-state index contributed by atoms with van der Waals surface area (Å²) in [5.74, 6) is 0. The van der Waals surface area contributed by atoms with Crippen molar-refractivity contribution < 1.29 is 7.69 Å². The van der Waals surface area contributed by atoms with E-state index in [9.17, 15) is 13.0 Å². The van der Waals surface area contributed by atoms with Gasteiger partial charge >= 0.3 is 65.0 Å². The van der Waals surface area contributed by atoms with Gasteiger partial charge in [-0.15, -0.1) is 0 Å². The zero-order valence-corrected chi connectivity index (χ0v) is 7.85. The van der Waals surface area contributed by atoms with Crippen LogP contribution in [0.4, 0.5) is 2.86 Å². The number of halogens is 4. The minimum atomic E-state index is -3.28. The van der Waals surface area contributed by atoms with Gasteiger partial charge in [0.05, 0.1) is 0 Å². The summed E-state index contributed by atoms with van der Waals surface area (Å²) in [5, 5.41) is 9.61. The zero-order valence-electron chi connectivity index (χ0n) is 3.35. The van der Waals surface area contributed by atoms with Crippen LogP contribution >= 0.6 is 43.7 Å². The Labute approximate surface area is 64.8 Å². The van der Waals surface area contributed by atoms with E-state index in [1.807, 2.05) is 0 Å². The fourth-order valence-corrected chi connectivity index (χ4v) is 0.808. The molecule has 8 heavy (non-hydrogen) atoms. The second-order valence-corrected chi connectivity index (χ2v) is 7.62. The first kappa shape index (κ1) is 8.89. The maximum atomic E-state index is 11.8. The van der Waals surface area contributed by atoms with Crippen molar-refractivity contribution >= 4 is 47.2 Å². The fraction of sp³-hybridized carbons (Fsp3) is 0. The van der Waals surface area contributed by atoms with Crippen molar-refractivity contribution in [2.75, 3.05) is 0 Å². The molecule has 0 atom stereocenters. The number of hydrogen-bond donors (Lipinski definition) is 0. The topological polar surface area (TPSA) is 43.1 Å². The first-order chi connectivity index (χ1) is 3.55. The molecule has 0 aromatic carbocycles. The van der Waals surface area contributed by atoms with Gasteiger partial charge in [-0.05, 0) is 0 Å². The molecule has 0 aliphatic heterocycles. The Hall–Kier alpha value is 0.895. The summed E-state index contributed by atoms with van der Waals surface area (Å²) < 4.78 is 10.4. The van der Waals surface area contributed by atoms with Crippen LogP contribution in [0.1, 0.15) is 0 Å². The third-order valence-electron chi connectivity index (χ3n) is 0.295. The molecule has 0 fully saturated rings. The molecule has 0 aliphatic rings. The normalized spacial score (nSPS) is 10.6. The van der Waals surface area contributed by atoms with Gasteiger partial charge in [0.2, 0.25) is 0 Å². The Morgan fingerprint density at radius 3 is 2.38 bits per heavy atom. The van der Waals surface area contributed by atoms with Gasteiger partial charge in [-0.2, -0.15) is 0 Å². The minimum absolute atomic E-state index is 0.780. The molecule has 0 amide bonds. The molecule has 0 bridgehead atoms. The van der Waals surface area contributed by atoms with Gasteiger partial charge < -0.3 is 0 Å². The molecule has 8 heteroatoms. The Bertz CT molecular complexity index is 102. The summed E-state index contributed by atoms with van der Waals surface area (Å²) in [7, 11) is 4.82. The van der Waals surface area contributed by atoms with Crippen molar-refractivity contribution in [1.82, 2.24) is 0 Å². The van der Waals surface area contributed by atoms with Crippen molar-refractivity contribution in [1.29, 1.82) is 0 Å². The van der Waals surface area contributed by atoms with E-state index in [2.05, 4.69) is 15.8 Å². The number of nitrogens with zero attached hydrogens (tertiary/aromatic N) is 1. The monoisotopic (exact) mass is 317 g/mol. The third kappa shape index (κ3) is 3.03. The Morgan fingerprint density at radius 1 is 2.00 bits per heavy atom. The molecular weight excluding hydrogens is 318 g/mol. The maximum absolute atomic E-state index is 11.8. The van der Waals surface area contributed by atoms with Gasteiger partial charge in [0.1, 0.15) is 0 Å². The van der Waals surface area contributed by atoms with E-state index >= 15 is 0 Å². The predicted molar refractivity (Wildman–Crippen MR) is 42.7 cm³/mol. The molecule has 0 spiro atoms. The van der Waals surface area contributed by atoms with Crippen LogP contribution in [0.3, 0.4) is 0 Å². The van der Waals surface area contributed by atoms with Crippen LogP contribution in [-0.4, -0.2) is 8.36 Å². The molecule has 0 N–H and O–H groups in total. The van der Waals surface area contributed by atoms with E-state index in [1.54, 1.807) is 0 Å². The van der Waals surface area contributed by atoms with Crippen molar-refractivity contribution in [3.05, 3.63) is 10.1 Å². The molecule has 0 unspecified atom stereocenters. The molecule has 0 aliphatic carbocycles. The summed E-state index contributed by atoms with van der Waals surface area (Å²) >= 11 is -0.812. The molecule has 0 aromatic heterocycles. The molecule has 0 saturated carbocycles. The van der Waals surface area contributed by atoms with Crippen LogP contribution in [0.25, 0.3) is 0 Å². The van der Waals surface area contributed by atoms with Crippen molar-refractivity contribution in [3.63, 3.8) is 0 Å². The Balaban J connectivity index is 3.64. The molecule has 0 heterocycles. The summed E-state index contributed by atoms with van der Waals surface area (Å²) in [4.78, 5) is 8.83. The number of hydrogen-bond acceptors (Lipinski definition) is 2. The first-order valence-corrected chi connectivity index (χ1v) is 7.05. The van der Waals surface area contributed by atoms with Gasteiger partial charge in [-0.25, -0.2) is 0 Å². The van der Waals surface area contributed by atoms with E-state index in [1.165, 1.54) is 0 Å². The number of rotatable bonds is 2. The van der Waals surface area contributed by atoms with E-state index in [-0.39, 0.29) is 0 Å². The van der Waals surface area contributed by atoms with Gasteiger partial charge in [0, 0.05) is 0 Å². The molecule has 3 nitrogen and oxygen atoms in total. The van der Waals surface area contributed by atoms with E-state index < -0.39 is 27.4 Å². The van der Waals surface area contributed by atoms with Crippen LogP contribution < -0.4 is 0 Å². The van der Waals surface area contributed by atoms with Gasteiger partial charge in [0.25, 0.3) is 0 Å². The second kappa shape index (κ2) is 3.83. The third-order valence-corrected chi connectivity index (χ3v) is 6.28. The Morgan fingerprint density at radius 2 is 2.38 bits per heavy atom. The van der Waals surface area contributed by atoms with E-state index in [4.69, 9.17) is 8.91 Å². The molecule has 0 saturated heterocycles. The first-order valence-electron chi connectivity index (χ1n) is 1.35. The van der Waals surface area contributed by atoms with Crippen LogP contribution in [-0.2, 0) is 0 Å². The summed E-state index contributed by atoms with van der Waals surface area (Å²) in [6.45, 7) is 0. The van der Waals surface area contributed by atoms with Gasteiger partial charge in [-0.1, -0.05) is 0 Å². The second-order valence-electron chi connectivity index (χ2n) is 0.782. The molecule has 0 aromatic rings. The average Bonchev–Trinajstić information content (AvgIpc) is 1.64. The van der Waals surface area contributed by atoms with Crippen LogP contribution in [0, 0.1) is 10.1 Å². The fourth-order valence-electron chi connectivity index (χ4n) is 0.0602. The number of nitro groups is 1. The standard InChI is InChI=1S/BBrClFINO2/c2-1(5(3)4)6(7)8. The quantitative estimate of drug-likeness (QED) is 0.339. The summed E-state index contributed by atoms with van der Waals surface area (Å²) in [5.41, 5.74) is 0. The zero-order chi connectivity index (χ0) is 6.73. The van der Waals surface area contributed by atoms with Crippen molar-refractivity contribution in [2.24, 2.45) is 0 Å².